The number of rotatable bonds is 9. The molecule has 5 rings (SSSR count). The first-order valence-corrected chi connectivity index (χ1v) is 14.3. The number of methoxy groups -OCH3 is 1. The molecule has 1 atom stereocenters. The molecule has 0 saturated heterocycles. The standard InChI is InChI=1S/C31H26Cl2N2O5S/c1-19-27(30(37)39-15-14-38-2)28(22-9-11-23(12-10-22)40-18-20-6-4-3-5-7-20)35-29(36)26(41-31(35)34-19)17-21-8-13-24(32)25(33)16-21/h3-13,16-17,28H,14-15,18H2,1-2H3/b26-17-. The van der Waals surface area contributed by atoms with Crippen LogP contribution in [-0.2, 0) is 20.9 Å². The van der Waals surface area contributed by atoms with Gasteiger partial charge in [0.2, 0.25) is 0 Å². The van der Waals surface area contributed by atoms with E-state index in [2.05, 4.69) is 4.99 Å². The first kappa shape index (κ1) is 28.8. The summed E-state index contributed by atoms with van der Waals surface area (Å²) >= 11 is 13.5. The molecule has 1 unspecified atom stereocenters. The van der Waals surface area contributed by atoms with Crippen molar-refractivity contribution < 1.29 is 19.0 Å². The van der Waals surface area contributed by atoms with Crippen LogP contribution in [0.25, 0.3) is 6.08 Å². The fourth-order valence-corrected chi connectivity index (χ4v) is 5.79. The minimum Gasteiger partial charge on any atom is -0.489 e. The van der Waals surface area contributed by atoms with Gasteiger partial charge in [0.25, 0.3) is 5.56 Å². The number of benzene rings is 3. The molecule has 210 valence electrons. The molecule has 2 heterocycles. The molecule has 41 heavy (non-hydrogen) atoms. The summed E-state index contributed by atoms with van der Waals surface area (Å²) in [5.74, 6) is 0.103. The van der Waals surface area contributed by atoms with Gasteiger partial charge in [0, 0.05) is 7.11 Å². The van der Waals surface area contributed by atoms with Crippen molar-refractivity contribution in [2.75, 3.05) is 20.3 Å². The minimum absolute atomic E-state index is 0.0762. The molecule has 0 radical (unpaired) electrons. The molecule has 0 N–H and O–H groups in total. The summed E-state index contributed by atoms with van der Waals surface area (Å²) in [5.41, 5.74) is 2.95. The molecular weight excluding hydrogens is 583 g/mol. The van der Waals surface area contributed by atoms with Crippen molar-refractivity contribution in [1.82, 2.24) is 4.57 Å². The van der Waals surface area contributed by atoms with E-state index >= 15 is 0 Å². The van der Waals surface area contributed by atoms with E-state index in [1.807, 2.05) is 54.6 Å². The Kier molecular flexibility index (Phi) is 9.05. The number of thiazole rings is 1. The van der Waals surface area contributed by atoms with Crippen LogP contribution >= 0.6 is 34.5 Å². The summed E-state index contributed by atoms with van der Waals surface area (Å²) in [6.45, 7) is 2.49. The Morgan fingerprint density at radius 3 is 2.49 bits per heavy atom. The van der Waals surface area contributed by atoms with Gasteiger partial charge < -0.3 is 14.2 Å². The maximum Gasteiger partial charge on any atom is 0.338 e. The molecule has 1 aliphatic heterocycles. The summed E-state index contributed by atoms with van der Waals surface area (Å²) in [7, 11) is 1.53. The van der Waals surface area contributed by atoms with E-state index in [-0.39, 0.29) is 24.3 Å². The van der Waals surface area contributed by atoms with E-state index in [9.17, 15) is 9.59 Å². The van der Waals surface area contributed by atoms with Crippen LogP contribution < -0.4 is 19.6 Å². The molecular formula is C31H26Cl2N2O5S. The first-order chi connectivity index (χ1) is 19.9. The van der Waals surface area contributed by atoms with Crippen LogP contribution in [0, 0.1) is 0 Å². The lowest BCUT2D eigenvalue weighted by Crippen LogP contribution is -2.40. The number of hydrogen-bond donors (Lipinski definition) is 0. The zero-order chi connectivity index (χ0) is 28.9. The second kappa shape index (κ2) is 12.9. The number of aromatic nitrogens is 1. The molecule has 0 spiro atoms. The van der Waals surface area contributed by atoms with E-state index in [0.29, 0.717) is 43.0 Å². The lowest BCUT2D eigenvalue weighted by Gasteiger charge is -2.25. The van der Waals surface area contributed by atoms with Gasteiger partial charge in [-0.25, -0.2) is 9.79 Å². The number of carbonyl (C=O) groups excluding carboxylic acids is 1. The van der Waals surface area contributed by atoms with Crippen LogP contribution in [-0.4, -0.2) is 30.9 Å². The van der Waals surface area contributed by atoms with Gasteiger partial charge in [-0.2, -0.15) is 0 Å². The fraction of sp³-hybridized carbons (Fsp3) is 0.194. The number of fused-ring (bicyclic) bond motifs is 1. The number of carbonyl (C=O) groups is 1. The predicted molar refractivity (Wildman–Crippen MR) is 160 cm³/mol. The van der Waals surface area contributed by atoms with Gasteiger partial charge in [0.05, 0.1) is 38.5 Å². The van der Waals surface area contributed by atoms with Crippen LogP contribution in [0.15, 0.2) is 93.9 Å². The Morgan fingerprint density at radius 1 is 1.02 bits per heavy atom. The van der Waals surface area contributed by atoms with Gasteiger partial charge >= 0.3 is 5.97 Å². The molecule has 0 saturated carbocycles. The van der Waals surface area contributed by atoms with E-state index < -0.39 is 12.0 Å². The van der Waals surface area contributed by atoms with E-state index in [1.165, 1.54) is 23.0 Å². The summed E-state index contributed by atoms with van der Waals surface area (Å²) in [5, 5.41) is 0.811. The highest BCUT2D eigenvalue weighted by Gasteiger charge is 2.33. The number of ether oxygens (including phenoxy) is 3. The lowest BCUT2D eigenvalue weighted by atomic mass is 9.96. The Labute approximate surface area is 250 Å². The first-order valence-electron chi connectivity index (χ1n) is 12.8. The van der Waals surface area contributed by atoms with Gasteiger partial charge in [-0.1, -0.05) is 83.1 Å². The lowest BCUT2D eigenvalue weighted by molar-refractivity contribution is -0.140. The average molecular weight is 610 g/mol. The Balaban J connectivity index is 1.55. The van der Waals surface area contributed by atoms with Gasteiger partial charge in [-0.15, -0.1) is 0 Å². The third-order valence-corrected chi connectivity index (χ3v) is 8.17. The van der Waals surface area contributed by atoms with E-state index in [0.717, 1.165) is 11.1 Å². The maximum absolute atomic E-state index is 13.8. The molecule has 0 bridgehead atoms. The summed E-state index contributed by atoms with van der Waals surface area (Å²) < 4.78 is 18.4. The molecule has 0 aliphatic carbocycles. The average Bonchev–Trinajstić information content (AvgIpc) is 3.28. The molecule has 0 amide bonds. The van der Waals surface area contributed by atoms with E-state index in [1.54, 1.807) is 31.2 Å². The second-order valence-corrected chi connectivity index (χ2v) is 11.1. The van der Waals surface area contributed by atoms with Crippen molar-refractivity contribution in [3.63, 3.8) is 0 Å². The number of halogens is 2. The number of nitrogens with zero attached hydrogens (tertiary/aromatic N) is 2. The molecule has 4 aromatic rings. The highest BCUT2D eigenvalue weighted by Crippen LogP contribution is 2.32. The monoisotopic (exact) mass is 608 g/mol. The van der Waals surface area contributed by atoms with Crippen molar-refractivity contribution in [2.45, 2.75) is 19.6 Å². The van der Waals surface area contributed by atoms with Gasteiger partial charge in [-0.05, 0) is 54.0 Å². The minimum atomic E-state index is -0.750. The Bertz CT molecular complexity index is 1780. The molecule has 7 nitrogen and oxygen atoms in total. The van der Waals surface area contributed by atoms with Crippen molar-refractivity contribution in [2.24, 2.45) is 4.99 Å². The van der Waals surface area contributed by atoms with Crippen LogP contribution in [0.2, 0.25) is 10.0 Å². The largest absolute Gasteiger partial charge is 0.489 e. The molecule has 0 fully saturated rings. The predicted octanol–water partition coefficient (Wildman–Crippen LogP) is 5.31. The van der Waals surface area contributed by atoms with Crippen LogP contribution in [0.5, 0.6) is 5.75 Å². The quantitative estimate of drug-likeness (QED) is 0.190. The van der Waals surface area contributed by atoms with E-state index in [4.69, 9.17) is 37.4 Å². The zero-order valence-electron chi connectivity index (χ0n) is 22.3. The number of esters is 1. The zero-order valence-corrected chi connectivity index (χ0v) is 24.6. The van der Waals surface area contributed by atoms with Crippen molar-refractivity contribution in [3.05, 3.63) is 130 Å². The molecule has 1 aromatic heterocycles. The molecule has 3 aromatic carbocycles. The topological polar surface area (TPSA) is 79.1 Å². The molecule has 10 heteroatoms. The van der Waals surface area contributed by atoms with Crippen molar-refractivity contribution in [1.29, 1.82) is 0 Å². The smallest absolute Gasteiger partial charge is 0.338 e. The van der Waals surface area contributed by atoms with Gasteiger partial charge in [0.1, 0.15) is 19.0 Å². The molecule has 1 aliphatic rings. The third-order valence-electron chi connectivity index (χ3n) is 6.45. The van der Waals surface area contributed by atoms with Crippen LogP contribution in [0.3, 0.4) is 0 Å². The normalized spacial score (nSPS) is 14.9. The van der Waals surface area contributed by atoms with Crippen molar-refractivity contribution >= 4 is 46.6 Å². The number of allylic oxidation sites excluding steroid dienone is 1. The summed E-state index contributed by atoms with van der Waals surface area (Å²) in [6, 6.07) is 21.6. The van der Waals surface area contributed by atoms with Crippen LogP contribution in [0.4, 0.5) is 0 Å². The summed E-state index contributed by atoms with van der Waals surface area (Å²) in [4.78, 5) is 32.2. The van der Waals surface area contributed by atoms with Crippen molar-refractivity contribution in [3.8, 4) is 5.75 Å². The third kappa shape index (κ3) is 6.47. The second-order valence-electron chi connectivity index (χ2n) is 9.23. The maximum atomic E-state index is 13.8. The highest BCUT2D eigenvalue weighted by atomic mass is 35.5. The summed E-state index contributed by atoms with van der Waals surface area (Å²) in [6.07, 6.45) is 1.74. The SMILES string of the molecule is COCCOC(=O)C1=C(C)N=c2s/c(=C\c3ccc(Cl)c(Cl)c3)c(=O)n2C1c1ccc(OCc2ccccc2)cc1. The fourth-order valence-electron chi connectivity index (χ4n) is 4.43. The van der Waals surface area contributed by atoms with Gasteiger partial charge in [0.15, 0.2) is 4.80 Å². The van der Waals surface area contributed by atoms with Crippen LogP contribution in [0.1, 0.15) is 29.7 Å². The number of hydrogen-bond acceptors (Lipinski definition) is 7. The van der Waals surface area contributed by atoms with Gasteiger partial charge in [-0.3, -0.25) is 9.36 Å². The highest BCUT2D eigenvalue weighted by molar-refractivity contribution is 7.07. The Hall–Kier alpha value is -3.69. The Morgan fingerprint density at radius 2 is 1.78 bits per heavy atom.